The van der Waals surface area contributed by atoms with Gasteiger partial charge in [0.2, 0.25) is 5.95 Å². The zero-order valence-electron chi connectivity index (χ0n) is 19.2. The first-order valence-electron chi connectivity index (χ1n) is 11.1. The Hall–Kier alpha value is -2.96. The Morgan fingerprint density at radius 2 is 1.69 bits per heavy atom. The summed E-state index contributed by atoms with van der Waals surface area (Å²) in [6.07, 6.45) is 3.01. The van der Waals surface area contributed by atoms with E-state index in [9.17, 15) is 17.5 Å². The molecule has 0 bridgehead atoms. The van der Waals surface area contributed by atoms with Crippen molar-refractivity contribution in [3.63, 3.8) is 0 Å². The van der Waals surface area contributed by atoms with E-state index in [0.717, 1.165) is 28.9 Å². The van der Waals surface area contributed by atoms with Gasteiger partial charge in [0.15, 0.2) is 15.5 Å². The predicted octanol–water partition coefficient (Wildman–Crippen LogP) is 4.11. The van der Waals surface area contributed by atoms with Crippen molar-refractivity contribution < 1.29 is 17.5 Å². The molecular weight excluding hydrogens is 486 g/mol. The number of sulfone groups is 1. The molecule has 1 fully saturated rings. The molecule has 0 atom stereocenters. The second-order valence-corrected chi connectivity index (χ2v) is 13.2. The highest BCUT2D eigenvalue weighted by atomic mass is 32.3. The quantitative estimate of drug-likeness (QED) is 0.352. The van der Waals surface area contributed by atoms with E-state index in [2.05, 4.69) is 20.3 Å². The van der Waals surface area contributed by atoms with Crippen molar-refractivity contribution in [1.29, 1.82) is 0 Å². The normalized spacial score (nSPS) is 17.3. The van der Waals surface area contributed by atoms with Crippen LogP contribution < -0.4 is 5.32 Å². The van der Waals surface area contributed by atoms with Crippen molar-refractivity contribution in [3.8, 4) is 11.1 Å². The number of nitrogens with one attached hydrogen (secondary N) is 1. The molecule has 0 saturated carbocycles. The van der Waals surface area contributed by atoms with E-state index < -0.39 is 20.4 Å². The summed E-state index contributed by atoms with van der Waals surface area (Å²) in [6.45, 7) is 2.14. The molecule has 1 aliphatic rings. The lowest BCUT2D eigenvalue weighted by Gasteiger charge is -2.41. The highest BCUT2D eigenvalue weighted by Gasteiger charge is 2.22. The minimum absolute atomic E-state index is 0.275. The van der Waals surface area contributed by atoms with Crippen molar-refractivity contribution in [2.45, 2.75) is 11.4 Å². The number of anilines is 2. The van der Waals surface area contributed by atoms with Crippen LogP contribution in [-0.4, -0.2) is 67.9 Å². The monoisotopic (exact) mass is 513 g/mol. The molecule has 4 aromatic rings. The Balaban J connectivity index is 1.30. The van der Waals surface area contributed by atoms with Crippen LogP contribution in [0.15, 0.2) is 71.8 Å². The molecule has 184 valence electrons. The van der Waals surface area contributed by atoms with E-state index in [0.29, 0.717) is 36.2 Å². The first-order valence-corrected chi connectivity index (χ1v) is 14.9. The molecule has 9 nitrogen and oxygen atoms in total. The van der Waals surface area contributed by atoms with E-state index in [1.807, 2.05) is 42.6 Å². The second kappa shape index (κ2) is 9.25. The van der Waals surface area contributed by atoms with Crippen LogP contribution >= 0.6 is 10.6 Å². The number of nitrogens with zero attached hydrogens (tertiary/aromatic N) is 4. The maximum Gasteiger partial charge on any atom is 0.247 e. The number of pyridine rings is 1. The van der Waals surface area contributed by atoms with Crippen molar-refractivity contribution in [1.82, 2.24) is 19.5 Å². The Morgan fingerprint density at radius 3 is 2.34 bits per heavy atom. The van der Waals surface area contributed by atoms with E-state index in [1.54, 1.807) is 28.8 Å². The summed E-state index contributed by atoms with van der Waals surface area (Å²) >= 11 is 0. The van der Waals surface area contributed by atoms with Crippen LogP contribution in [0.2, 0.25) is 0 Å². The molecule has 11 heteroatoms. The van der Waals surface area contributed by atoms with E-state index in [-0.39, 0.29) is 4.90 Å². The van der Waals surface area contributed by atoms with Crippen molar-refractivity contribution in [2.75, 3.05) is 36.2 Å². The molecule has 0 aliphatic carbocycles. The maximum atomic E-state index is 11.8. The number of rotatable bonds is 6. The van der Waals surface area contributed by atoms with Crippen LogP contribution in [0.5, 0.6) is 0 Å². The molecule has 2 aromatic heterocycles. The van der Waals surface area contributed by atoms with E-state index in [1.165, 1.54) is 6.26 Å². The molecule has 0 radical (unpaired) electrons. The topological polar surface area (TPSA) is 120 Å². The zero-order chi connectivity index (χ0) is 24.6. The highest BCUT2D eigenvalue weighted by Crippen LogP contribution is 2.40. The SMILES string of the molecule is CS(=O)(=O)c1ccc(-c2cccn3nc(Nc4ccc(CN5CCS(O)(O)CC5)cc4)nc23)cc1. The van der Waals surface area contributed by atoms with Gasteiger partial charge >= 0.3 is 0 Å². The standard InChI is InChI=1S/C24H27N5O4S2/c1-34(30,31)21-10-6-19(7-11-21)22-3-2-12-29-23(22)26-24(27-29)25-20-8-4-18(5-9-20)17-28-13-15-35(32,33)16-14-28/h2-12,32-33H,13-17H2,1H3,(H,25,27). The third kappa shape index (κ3) is 5.49. The lowest BCUT2D eigenvalue weighted by molar-refractivity contribution is 0.278. The molecule has 0 unspecified atom stereocenters. The van der Waals surface area contributed by atoms with Crippen molar-refractivity contribution >= 4 is 37.7 Å². The third-order valence-corrected chi connectivity index (χ3v) is 8.84. The van der Waals surface area contributed by atoms with Gasteiger partial charge < -0.3 is 5.32 Å². The van der Waals surface area contributed by atoms with E-state index in [4.69, 9.17) is 0 Å². The van der Waals surface area contributed by atoms with Gasteiger partial charge in [-0.3, -0.25) is 14.0 Å². The number of hydrogen-bond donors (Lipinski definition) is 3. The maximum absolute atomic E-state index is 11.8. The van der Waals surface area contributed by atoms with Gasteiger partial charge in [-0.25, -0.2) is 12.9 Å². The number of fused-ring (bicyclic) bond motifs is 1. The van der Waals surface area contributed by atoms with Crippen LogP contribution in [0.25, 0.3) is 16.8 Å². The number of benzene rings is 2. The molecule has 3 heterocycles. The van der Waals surface area contributed by atoms with Crippen LogP contribution in [-0.2, 0) is 16.4 Å². The lowest BCUT2D eigenvalue weighted by Crippen LogP contribution is -2.37. The molecular formula is C24H27N5O4S2. The zero-order valence-corrected chi connectivity index (χ0v) is 20.8. The molecule has 1 aliphatic heterocycles. The summed E-state index contributed by atoms with van der Waals surface area (Å²) in [5.41, 5.74) is 4.37. The first-order chi connectivity index (χ1) is 16.7. The Morgan fingerprint density at radius 1 is 1.00 bits per heavy atom. The summed E-state index contributed by atoms with van der Waals surface area (Å²) in [6, 6.07) is 18.6. The number of hydrogen-bond acceptors (Lipinski definition) is 8. The summed E-state index contributed by atoms with van der Waals surface area (Å²) in [4.78, 5) is 7.16. The fourth-order valence-electron chi connectivity index (χ4n) is 4.07. The minimum atomic E-state index is -3.26. The fourth-order valence-corrected chi connectivity index (χ4v) is 6.01. The van der Waals surface area contributed by atoms with Crippen LogP contribution in [0.1, 0.15) is 5.56 Å². The summed E-state index contributed by atoms with van der Waals surface area (Å²) < 4.78 is 44.8. The summed E-state index contributed by atoms with van der Waals surface area (Å²) in [5.74, 6) is 1.34. The molecule has 5 rings (SSSR count). The summed E-state index contributed by atoms with van der Waals surface area (Å²) in [5, 5.41) is 7.77. The van der Waals surface area contributed by atoms with Crippen molar-refractivity contribution in [2.24, 2.45) is 0 Å². The fraction of sp³-hybridized carbons (Fsp3) is 0.250. The Labute approximate surface area is 205 Å². The van der Waals surface area contributed by atoms with Gasteiger partial charge in [0.25, 0.3) is 0 Å². The molecule has 0 spiro atoms. The second-order valence-electron chi connectivity index (χ2n) is 8.73. The van der Waals surface area contributed by atoms with Gasteiger partial charge in [-0.2, -0.15) is 15.6 Å². The third-order valence-electron chi connectivity index (χ3n) is 6.04. The first kappa shape index (κ1) is 23.8. The number of aromatic nitrogens is 3. The van der Waals surface area contributed by atoms with Crippen LogP contribution in [0, 0.1) is 0 Å². The molecule has 0 amide bonds. The largest absolute Gasteiger partial charge is 0.323 e. The van der Waals surface area contributed by atoms with Crippen LogP contribution in [0.4, 0.5) is 11.6 Å². The summed E-state index contributed by atoms with van der Waals surface area (Å²) in [7, 11) is -5.64. The van der Waals surface area contributed by atoms with Gasteiger partial charge in [0.1, 0.15) is 0 Å². The van der Waals surface area contributed by atoms with Gasteiger partial charge in [0, 0.05) is 43.3 Å². The smallest absolute Gasteiger partial charge is 0.247 e. The minimum Gasteiger partial charge on any atom is -0.323 e. The average Bonchev–Trinajstić information content (AvgIpc) is 3.24. The van der Waals surface area contributed by atoms with Crippen LogP contribution in [0.3, 0.4) is 0 Å². The van der Waals surface area contributed by atoms with Gasteiger partial charge in [-0.05, 0) is 47.5 Å². The highest BCUT2D eigenvalue weighted by molar-refractivity contribution is 8.24. The molecule has 3 N–H and O–H groups in total. The predicted molar refractivity (Wildman–Crippen MR) is 139 cm³/mol. The van der Waals surface area contributed by atoms with Gasteiger partial charge in [-0.1, -0.05) is 24.3 Å². The van der Waals surface area contributed by atoms with E-state index >= 15 is 0 Å². The Bertz CT molecular complexity index is 1440. The lowest BCUT2D eigenvalue weighted by atomic mass is 10.1. The molecule has 2 aromatic carbocycles. The van der Waals surface area contributed by atoms with Gasteiger partial charge in [0.05, 0.1) is 16.4 Å². The van der Waals surface area contributed by atoms with Crippen molar-refractivity contribution in [3.05, 3.63) is 72.4 Å². The Kier molecular flexibility index (Phi) is 6.28. The molecule has 35 heavy (non-hydrogen) atoms. The molecule has 1 saturated heterocycles. The average molecular weight is 514 g/mol. The van der Waals surface area contributed by atoms with Gasteiger partial charge in [-0.15, -0.1) is 5.10 Å².